The zero-order valence-electron chi connectivity index (χ0n) is 10.2. The van der Waals surface area contributed by atoms with Gasteiger partial charge in [0.2, 0.25) is 0 Å². The molecule has 0 saturated carbocycles. The van der Waals surface area contributed by atoms with Crippen LogP contribution in [0.3, 0.4) is 0 Å². The molecule has 0 heterocycles. The largest absolute Gasteiger partial charge is 0.316 e. The van der Waals surface area contributed by atoms with Crippen LogP contribution in [0.4, 0.5) is 0 Å². The molecule has 0 spiro atoms. The van der Waals surface area contributed by atoms with E-state index in [0.717, 1.165) is 13.1 Å². The highest BCUT2D eigenvalue weighted by Crippen LogP contribution is 2.18. The van der Waals surface area contributed by atoms with Crippen molar-refractivity contribution in [3.05, 3.63) is 35.4 Å². The van der Waals surface area contributed by atoms with E-state index in [1.165, 1.54) is 24.0 Å². The van der Waals surface area contributed by atoms with Gasteiger partial charge in [0.05, 0.1) is 0 Å². The highest BCUT2D eigenvalue weighted by atomic mass is 14.8. The van der Waals surface area contributed by atoms with Crippen LogP contribution in [0.5, 0.6) is 0 Å². The number of benzene rings is 1. The molecular weight excluding hydrogens is 182 g/mol. The first-order chi connectivity index (χ1) is 7.27. The fraction of sp³-hybridized carbons (Fsp3) is 0.571. The number of hydrogen-bond acceptors (Lipinski definition) is 1. The van der Waals surface area contributed by atoms with Crippen LogP contribution in [0.1, 0.15) is 43.7 Å². The van der Waals surface area contributed by atoms with Crippen LogP contribution < -0.4 is 5.32 Å². The molecule has 1 heteroatoms. The van der Waals surface area contributed by atoms with E-state index in [9.17, 15) is 0 Å². The van der Waals surface area contributed by atoms with Crippen LogP contribution in [0, 0.1) is 6.92 Å². The van der Waals surface area contributed by atoms with Crippen molar-refractivity contribution in [1.82, 2.24) is 5.32 Å². The summed E-state index contributed by atoms with van der Waals surface area (Å²) in [6.07, 6.45) is 2.42. The summed E-state index contributed by atoms with van der Waals surface area (Å²) in [5.41, 5.74) is 2.81. The lowest BCUT2D eigenvalue weighted by Crippen LogP contribution is -2.21. The summed E-state index contributed by atoms with van der Waals surface area (Å²) in [5.74, 6) is 0.664. The van der Waals surface area contributed by atoms with E-state index in [4.69, 9.17) is 0 Å². The van der Waals surface area contributed by atoms with E-state index < -0.39 is 0 Å². The molecule has 1 N–H and O–H groups in total. The van der Waals surface area contributed by atoms with Crippen molar-refractivity contribution in [3.63, 3.8) is 0 Å². The zero-order valence-corrected chi connectivity index (χ0v) is 10.2. The number of hydrogen-bond donors (Lipinski definition) is 1. The van der Waals surface area contributed by atoms with E-state index in [2.05, 4.69) is 50.4 Å². The standard InChI is InChI=1S/C14H23N/c1-4-10-15-11-13(5-2)14-8-6-12(3)7-9-14/h6-9,13,15H,4-5,10-11H2,1-3H3. The third kappa shape index (κ3) is 4.05. The Hall–Kier alpha value is -0.820. The Labute approximate surface area is 93.9 Å². The summed E-state index contributed by atoms with van der Waals surface area (Å²) in [5, 5.41) is 3.50. The van der Waals surface area contributed by atoms with Gasteiger partial charge in [-0.05, 0) is 37.8 Å². The minimum Gasteiger partial charge on any atom is -0.316 e. The van der Waals surface area contributed by atoms with Crippen LogP contribution in [-0.2, 0) is 0 Å². The molecule has 0 aliphatic heterocycles. The topological polar surface area (TPSA) is 12.0 Å². The second kappa shape index (κ2) is 6.62. The number of nitrogens with one attached hydrogen (secondary N) is 1. The minimum atomic E-state index is 0.664. The third-order valence-corrected chi connectivity index (χ3v) is 2.86. The maximum Gasteiger partial charge on any atom is 0.00200 e. The van der Waals surface area contributed by atoms with Crippen LogP contribution in [0.15, 0.2) is 24.3 Å². The molecule has 1 unspecified atom stereocenters. The van der Waals surface area contributed by atoms with Crippen LogP contribution >= 0.6 is 0 Å². The van der Waals surface area contributed by atoms with Gasteiger partial charge in [0.25, 0.3) is 0 Å². The molecule has 0 amide bonds. The van der Waals surface area contributed by atoms with Crippen LogP contribution in [-0.4, -0.2) is 13.1 Å². The number of rotatable bonds is 6. The van der Waals surface area contributed by atoms with E-state index >= 15 is 0 Å². The molecule has 1 aromatic carbocycles. The summed E-state index contributed by atoms with van der Waals surface area (Å²) >= 11 is 0. The quantitative estimate of drug-likeness (QED) is 0.701. The first kappa shape index (κ1) is 12.3. The Morgan fingerprint density at radius 2 is 1.80 bits per heavy atom. The first-order valence-corrected chi connectivity index (χ1v) is 6.05. The first-order valence-electron chi connectivity index (χ1n) is 6.05. The maximum absolute atomic E-state index is 3.50. The van der Waals surface area contributed by atoms with Crippen molar-refractivity contribution in [1.29, 1.82) is 0 Å². The van der Waals surface area contributed by atoms with E-state index in [-0.39, 0.29) is 0 Å². The van der Waals surface area contributed by atoms with Crippen molar-refractivity contribution >= 4 is 0 Å². The lowest BCUT2D eigenvalue weighted by molar-refractivity contribution is 0.567. The van der Waals surface area contributed by atoms with E-state index in [0.29, 0.717) is 5.92 Å². The van der Waals surface area contributed by atoms with Gasteiger partial charge in [-0.2, -0.15) is 0 Å². The van der Waals surface area contributed by atoms with Gasteiger partial charge < -0.3 is 5.32 Å². The van der Waals surface area contributed by atoms with Gasteiger partial charge in [0, 0.05) is 6.54 Å². The van der Waals surface area contributed by atoms with Crippen LogP contribution in [0.25, 0.3) is 0 Å². The second-order valence-corrected chi connectivity index (χ2v) is 4.22. The van der Waals surface area contributed by atoms with Gasteiger partial charge in [0.15, 0.2) is 0 Å². The average molecular weight is 205 g/mol. The molecule has 0 aliphatic carbocycles. The van der Waals surface area contributed by atoms with Gasteiger partial charge in [-0.15, -0.1) is 0 Å². The van der Waals surface area contributed by atoms with Gasteiger partial charge in [0.1, 0.15) is 0 Å². The summed E-state index contributed by atoms with van der Waals surface area (Å²) < 4.78 is 0. The minimum absolute atomic E-state index is 0.664. The van der Waals surface area contributed by atoms with Crippen molar-refractivity contribution in [2.75, 3.05) is 13.1 Å². The predicted octanol–water partition coefficient (Wildman–Crippen LogP) is 3.49. The van der Waals surface area contributed by atoms with Crippen molar-refractivity contribution < 1.29 is 0 Å². The molecular formula is C14H23N. The van der Waals surface area contributed by atoms with Crippen molar-refractivity contribution in [2.24, 2.45) is 0 Å². The third-order valence-electron chi connectivity index (χ3n) is 2.86. The molecule has 1 rings (SSSR count). The molecule has 1 nitrogen and oxygen atoms in total. The summed E-state index contributed by atoms with van der Waals surface area (Å²) in [6.45, 7) is 8.84. The highest BCUT2D eigenvalue weighted by molar-refractivity contribution is 5.24. The lowest BCUT2D eigenvalue weighted by atomic mass is 9.95. The smallest absolute Gasteiger partial charge is 0.00200 e. The summed E-state index contributed by atoms with van der Waals surface area (Å²) in [4.78, 5) is 0. The van der Waals surface area contributed by atoms with Gasteiger partial charge in [-0.3, -0.25) is 0 Å². The van der Waals surface area contributed by atoms with Gasteiger partial charge in [-0.1, -0.05) is 43.7 Å². The normalized spacial score (nSPS) is 12.7. The Morgan fingerprint density at radius 3 is 2.33 bits per heavy atom. The number of aryl methyl sites for hydroxylation is 1. The zero-order chi connectivity index (χ0) is 11.1. The fourth-order valence-corrected chi connectivity index (χ4v) is 1.79. The Morgan fingerprint density at radius 1 is 1.13 bits per heavy atom. The van der Waals surface area contributed by atoms with E-state index in [1.54, 1.807) is 0 Å². The molecule has 0 saturated heterocycles. The second-order valence-electron chi connectivity index (χ2n) is 4.22. The molecule has 0 fully saturated rings. The molecule has 15 heavy (non-hydrogen) atoms. The molecule has 1 atom stereocenters. The lowest BCUT2D eigenvalue weighted by Gasteiger charge is -2.16. The molecule has 0 aliphatic rings. The molecule has 1 aromatic rings. The fourth-order valence-electron chi connectivity index (χ4n) is 1.79. The molecule has 0 radical (unpaired) electrons. The summed E-state index contributed by atoms with van der Waals surface area (Å²) in [6, 6.07) is 8.93. The van der Waals surface area contributed by atoms with Crippen molar-refractivity contribution in [2.45, 2.75) is 39.5 Å². The molecule has 0 bridgehead atoms. The van der Waals surface area contributed by atoms with Gasteiger partial charge >= 0.3 is 0 Å². The van der Waals surface area contributed by atoms with E-state index in [1.807, 2.05) is 0 Å². The Kier molecular flexibility index (Phi) is 5.41. The monoisotopic (exact) mass is 205 g/mol. The SMILES string of the molecule is CCCNCC(CC)c1ccc(C)cc1. The molecule has 0 aromatic heterocycles. The Balaban J connectivity index is 2.53. The predicted molar refractivity (Wildman–Crippen MR) is 67.4 cm³/mol. The van der Waals surface area contributed by atoms with Gasteiger partial charge in [-0.25, -0.2) is 0 Å². The van der Waals surface area contributed by atoms with Crippen molar-refractivity contribution in [3.8, 4) is 0 Å². The average Bonchev–Trinajstić information content (AvgIpc) is 2.26. The summed E-state index contributed by atoms with van der Waals surface area (Å²) in [7, 11) is 0. The Bertz CT molecular complexity index is 263. The molecule has 84 valence electrons. The maximum atomic E-state index is 3.50. The van der Waals surface area contributed by atoms with Crippen LogP contribution in [0.2, 0.25) is 0 Å². The highest BCUT2D eigenvalue weighted by Gasteiger charge is 2.07.